The molecule has 6 heteroatoms. The molecule has 1 unspecified atom stereocenters. The normalized spacial score (nSPS) is 12.2. The van der Waals surface area contributed by atoms with Crippen molar-refractivity contribution >= 4 is 23.5 Å². The number of hydrogen-bond acceptors (Lipinski definition) is 5. The molecular weight excluding hydrogens is 642 g/mol. The summed E-state index contributed by atoms with van der Waals surface area (Å²) < 4.78 is 11.5. The Morgan fingerprint density at radius 3 is 1.50 bits per heavy atom. The fraction of sp³-hybridized carbons (Fsp3) is 0.955. The van der Waals surface area contributed by atoms with Gasteiger partial charge in [0.05, 0.1) is 6.61 Å². The first-order valence-corrected chi connectivity index (χ1v) is 22.7. The van der Waals surface area contributed by atoms with Gasteiger partial charge in [0, 0.05) is 31.3 Å². The fourth-order valence-electron chi connectivity index (χ4n) is 7.14. The van der Waals surface area contributed by atoms with Crippen molar-refractivity contribution in [2.24, 2.45) is 0 Å². The molecule has 0 aliphatic rings. The first kappa shape index (κ1) is 49.2. The molecule has 298 valence electrons. The van der Waals surface area contributed by atoms with Crippen LogP contribution in [0.4, 0.5) is 0 Å². The van der Waals surface area contributed by atoms with Crippen LogP contribution in [0, 0.1) is 0 Å². The zero-order valence-electron chi connectivity index (χ0n) is 34.1. The molecular formula is C44H86ClNO4. The maximum absolute atomic E-state index is 12.8. The summed E-state index contributed by atoms with van der Waals surface area (Å²) in [4.78, 5) is 27.5. The van der Waals surface area contributed by atoms with E-state index in [1.54, 1.807) is 0 Å². The van der Waals surface area contributed by atoms with Gasteiger partial charge in [-0.15, -0.1) is 11.6 Å². The summed E-state index contributed by atoms with van der Waals surface area (Å²) in [5.74, 6) is 0.672. The third-order valence-electron chi connectivity index (χ3n) is 10.3. The summed E-state index contributed by atoms with van der Waals surface area (Å²) in [5, 5.41) is 0. The van der Waals surface area contributed by atoms with Gasteiger partial charge < -0.3 is 9.47 Å². The molecule has 5 nitrogen and oxygen atoms in total. The SMILES string of the molecule is CCCCCCCCC(CCCCCCCC)OC(=O)CCCCCCCN(CCCl)C(CCC)CCCCCC(=O)OCCCCCCC. The lowest BCUT2D eigenvalue weighted by molar-refractivity contribution is -0.150. The Hall–Kier alpha value is -0.810. The molecule has 50 heavy (non-hydrogen) atoms. The number of hydrogen-bond donors (Lipinski definition) is 0. The zero-order chi connectivity index (χ0) is 36.8. The summed E-state index contributed by atoms with van der Waals surface area (Å²) in [6.45, 7) is 11.7. The molecule has 0 aromatic carbocycles. The monoisotopic (exact) mass is 728 g/mol. The van der Waals surface area contributed by atoms with Crippen molar-refractivity contribution < 1.29 is 19.1 Å². The molecule has 0 aromatic rings. The van der Waals surface area contributed by atoms with Gasteiger partial charge >= 0.3 is 11.9 Å². The maximum atomic E-state index is 12.8. The lowest BCUT2D eigenvalue weighted by Gasteiger charge is -2.31. The second-order valence-electron chi connectivity index (χ2n) is 15.1. The number of carbonyl (C=O) groups excluding carboxylic acids is 2. The van der Waals surface area contributed by atoms with Gasteiger partial charge in [-0.1, -0.05) is 156 Å². The number of carbonyl (C=O) groups is 2. The number of alkyl halides is 1. The second-order valence-corrected chi connectivity index (χ2v) is 15.5. The highest BCUT2D eigenvalue weighted by Crippen LogP contribution is 2.20. The van der Waals surface area contributed by atoms with Crippen LogP contribution in [0.2, 0.25) is 0 Å². The average molecular weight is 729 g/mol. The molecule has 1 atom stereocenters. The Balaban J connectivity index is 4.31. The van der Waals surface area contributed by atoms with E-state index in [0.717, 1.165) is 70.9 Å². The Labute approximate surface area is 317 Å². The number of unbranched alkanes of at least 4 members (excludes halogenated alkanes) is 20. The van der Waals surface area contributed by atoms with Crippen molar-refractivity contribution in [3.63, 3.8) is 0 Å². The van der Waals surface area contributed by atoms with E-state index in [9.17, 15) is 9.59 Å². The van der Waals surface area contributed by atoms with Crippen LogP contribution in [-0.2, 0) is 19.1 Å². The molecule has 0 aromatic heterocycles. The summed E-state index contributed by atoms with van der Waals surface area (Å²) in [6, 6.07) is 0.573. The minimum Gasteiger partial charge on any atom is -0.466 e. The molecule has 0 saturated carbocycles. The molecule has 0 fully saturated rings. The van der Waals surface area contributed by atoms with Crippen molar-refractivity contribution in [1.82, 2.24) is 4.90 Å². The number of nitrogens with zero attached hydrogens (tertiary/aromatic N) is 1. The Kier molecular flexibility index (Phi) is 38.8. The van der Waals surface area contributed by atoms with E-state index in [1.165, 1.54) is 135 Å². The second kappa shape index (κ2) is 39.4. The topological polar surface area (TPSA) is 55.8 Å². The highest BCUT2D eigenvalue weighted by Gasteiger charge is 2.17. The largest absolute Gasteiger partial charge is 0.466 e. The Morgan fingerprint density at radius 1 is 0.480 bits per heavy atom. The standard InChI is InChI=1S/C44H86ClNO4/c1-5-9-12-15-18-25-33-42(34-26-19-16-13-10-6-2)50-44(48)36-27-20-17-21-29-38-46(39-37-45)41(31-8-4)32-24-23-28-35-43(47)49-40-30-22-14-11-7-3/h41-42H,5-40H2,1-4H3. The van der Waals surface area contributed by atoms with E-state index in [4.69, 9.17) is 21.1 Å². The fourth-order valence-corrected chi connectivity index (χ4v) is 7.36. The molecule has 0 rings (SSSR count). The smallest absolute Gasteiger partial charge is 0.306 e. The van der Waals surface area contributed by atoms with Crippen LogP contribution in [0.5, 0.6) is 0 Å². The van der Waals surface area contributed by atoms with Gasteiger partial charge in [0.15, 0.2) is 0 Å². The summed E-state index contributed by atoms with van der Waals surface area (Å²) in [6.07, 6.45) is 37.0. The van der Waals surface area contributed by atoms with Gasteiger partial charge in [-0.05, 0) is 70.8 Å². The van der Waals surface area contributed by atoms with Gasteiger partial charge in [0.2, 0.25) is 0 Å². The highest BCUT2D eigenvalue weighted by atomic mass is 35.5. The Bertz CT molecular complexity index is 704. The zero-order valence-corrected chi connectivity index (χ0v) is 34.8. The van der Waals surface area contributed by atoms with E-state index < -0.39 is 0 Å². The van der Waals surface area contributed by atoms with Crippen molar-refractivity contribution in [1.29, 1.82) is 0 Å². The van der Waals surface area contributed by atoms with E-state index in [-0.39, 0.29) is 18.0 Å². The first-order valence-electron chi connectivity index (χ1n) is 22.2. The van der Waals surface area contributed by atoms with Gasteiger partial charge in [-0.2, -0.15) is 0 Å². The van der Waals surface area contributed by atoms with Crippen LogP contribution < -0.4 is 0 Å². The number of ether oxygens (including phenoxy) is 2. The van der Waals surface area contributed by atoms with Gasteiger partial charge in [-0.25, -0.2) is 0 Å². The number of halogens is 1. The van der Waals surface area contributed by atoms with Crippen molar-refractivity contribution in [3.8, 4) is 0 Å². The van der Waals surface area contributed by atoms with Crippen molar-refractivity contribution in [2.45, 2.75) is 245 Å². The predicted octanol–water partition coefficient (Wildman–Crippen LogP) is 13.9. The quantitative estimate of drug-likeness (QED) is 0.0357. The number of esters is 2. The average Bonchev–Trinajstić information content (AvgIpc) is 3.11. The first-order chi connectivity index (χ1) is 24.5. The van der Waals surface area contributed by atoms with Crippen LogP contribution >= 0.6 is 11.6 Å². The van der Waals surface area contributed by atoms with E-state index in [2.05, 4.69) is 32.6 Å². The third-order valence-corrected chi connectivity index (χ3v) is 10.5. The van der Waals surface area contributed by atoms with Crippen LogP contribution in [0.3, 0.4) is 0 Å². The summed E-state index contributed by atoms with van der Waals surface area (Å²) >= 11 is 6.25. The minimum atomic E-state index is -0.0255. The summed E-state index contributed by atoms with van der Waals surface area (Å²) in [5.41, 5.74) is 0. The number of rotatable bonds is 40. The lowest BCUT2D eigenvalue weighted by atomic mass is 10.0. The van der Waals surface area contributed by atoms with Crippen molar-refractivity contribution in [3.05, 3.63) is 0 Å². The summed E-state index contributed by atoms with van der Waals surface area (Å²) in [7, 11) is 0. The van der Waals surface area contributed by atoms with Crippen LogP contribution in [0.25, 0.3) is 0 Å². The molecule has 0 spiro atoms. The molecule has 0 amide bonds. The highest BCUT2D eigenvalue weighted by molar-refractivity contribution is 6.18. The van der Waals surface area contributed by atoms with E-state index in [1.807, 2.05) is 0 Å². The maximum Gasteiger partial charge on any atom is 0.306 e. The van der Waals surface area contributed by atoms with Gasteiger partial charge in [0.25, 0.3) is 0 Å². The molecule has 0 N–H and O–H groups in total. The van der Waals surface area contributed by atoms with Crippen LogP contribution in [0.15, 0.2) is 0 Å². The third kappa shape index (κ3) is 33.1. The van der Waals surface area contributed by atoms with E-state index in [0.29, 0.717) is 31.4 Å². The lowest BCUT2D eigenvalue weighted by Crippen LogP contribution is -2.37. The minimum absolute atomic E-state index is 0.0253. The molecule has 0 heterocycles. The predicted molar refractivity (Wildman–Crippen MR) is 217 cm³/mol. The van der Waals surface area contributed by atoms with E-state index >= 15 is 0 Å². The van der Waals surface area contributed by atoms with Gasteiger partial charge in [-0.3, -0.25) is 14.5 Å². The molecule has 0 saturated heterocycles. The van der Waals surface area contributed by atoms with Crippen LogP contribution in [0.1, 0.15) is 233 Å². The molecule has 0 bridgehead atoms. The van der Waals surface area contributed by atoms with Gasteiger partial charge in [0.1, 0.15) is 6.10 Å². The van der Waals surface area contributed by atoms with Crippen molar-refractivity contribution in [2.75, 3.05) is 25.6 Å². The molecule has 0 aliphatic carbocycles. The van der Waals surface area contributed by atoms with Crippen LogP contribution in [-0.4, -0.2) is 54.6 Å². The molecule has 0 radical (unpaired) electrons. The Morgan fingerprint density at radius 2 is 0.940 bits per heavy atom. The molecule has 0 aliphatic heterocycles.